The molecule has 5 nitrogen and oxygen atoms in total. The third-order valence-electron chi connectivity index (χ3n) is 4.30. The van der Waals surface area contributed by atoms with E-state index in [-0.39, 0.29) is 11.8 Å². The fraction of sp³-hybridized carbons (Fsp3) is 0.588. The van der Waals surface area contributed by atoms with Crippen LogP contribution in [0.1, 0.15) is 36.9 Å². The van der Waals surface area contributed by atoms with Gasteiger partial charge in [-0.1, -0.05) is 43.2 Å². The van der Waals surface area contributed by atoms with Gasteiger partial charge < -0.3 is 0 Å². The average Bonchev–Trinajstić information content (AvgIpc) is 2.56. The van der Waals surface area contributed by atoms with Crippen molar-refractivity contribution >= 4 is 10.0 Å². The Labute approximate surface area is 139 Å². The summed E-state index contributed by atoms with van der Waals surface area (Å²) in [5, 5.41) is 9.52. The average molecular weight is 335 g/mol. The smallest absolute Gasteiger partial charge is 0.214 e. The number of nitrogens with zero attached hydrogens (tertiary/aromatic N) is 3. The van der Waals surface area contributed by atoms with Crippen LogP contribution in [-0.4, -0.2) is 49.6 Å². The molecular weight excluding hydrogens is 310 g/mol. The van der Waals surface area contributed by atoms with E-state index in [2.05, 4.69) is 11.0 Å². The zero-order valence-corrected chi connectivity index (χ0v) is 14.7. The topological polar surface area (TPSA) is 64.4 Å². The molecule has 1 heterocycles. The van der Waals surface area contributed by atoms with Gasteiger partial charge in [0.15, 0.2) is 0 Å². The van der Waals surface area contributed by atoms with Crippen LogP contribution in [0, 0.1) is 18.3 Å². The van der Waals surface area contributed by atoms with Crippen LogP contribution in [0.5, 0.6) is 0 Å². The molecule has 0 saturated carbocycles. The van der Waals surface area contributed by atoms with E-state index < -0.39 is 10.0 Å². The highest BCUT2D eigenvalue weighted by atomic mass is 32.2. The van der Waals surface area contributed by atoms with Gasteiger partial charge in [0.2, 0.25) is 10.0 Å². The zero-order chi connectivity index (χ0) is 16.9. The third kappa shape index (κ3) is 4.54. The van der Waals surface area contributed by atoms with Crippen molar-refractivity contribution in [3.05, 3.63) is 35.4 Å². The maximum absolute atomic E-state index is 12.2. The Kier molecular flexibility index (Phi) is 6.17. The van der Waals surface area contributed by atoms with Crippen molar-refractivity contribution in [1.82, 2.24) is 9.21 Å². The summed E-state index contributed by atoms with van der Waals surface area (Å²) < 4.78 is 26.1. The molecule has 1 unspecified atom stereocenters. The molecule has 0 N–H and O–H groups in total. The summed E-state index contributed by atoms with van der Waals surface area (Å²) in [5.74, 6) is 0.225. The van der Waals surface area contributed by atoms with Crippen LogP contribution >= 0.6 is 0 Å². The predicted molar refractivity (Wildman–Crippen MR) is 91.4 cm³/mol. The van der Waals surface area contributed by atoms with Crippen molar-refractivity contribution in [2.45, 2.75) is 32.7 Å². The Bertz CT molecular complexity index is 641. The van der Waals surface area contributed by atoms with Gasteiger partial charge in [-0.15, -0.1) is 0 Å². The molecule has 1 saturated heterocycles. The van der Waals surface area contributed by atoms with Crippen LogP contribution < -0.4 is 0 Å². The van der Waals surface area contributed by atoms with Crippen LogP contribution in [-0.2, 0) is 10.0 Å². The first kappa shape index (κ1) is 17.9. The van der Waals surface area contributed by atoms with Crippen molar-refractivity contribution in [2.24, 2.45) is 0 Å². The quantitative estimate of drug-likeness (QED) is 0.800. The Morgan fingerprint density at radius 2 is 1.78 bits per heavy atom. The monoisotopic (exact) mass is 335 g/mol. The summed E-state index contributed by atoms with van der Waals surface area (Å²) in [6.45, 7) is 6.14. The number of unbranched alkanes of at least 4 members (excludes halogenated alkanes) is 1. The van der Waals surface area contributed by atoms with E-state index in [9.17, 15) is 13.7 Å². The molecule has 1 aliphatic rings. The molecular formula is C17H25N3O2S. The summed E-state index contributed by atoms with van der Waals surface area (Å²) in [5.41, 5.74) is 2.14. The SMILES string of the molecule is CCCCS(=O)(=O)N1CCN(C(C#N)c2ccc(C)cc2)CC1. The molecule has 0 bridgehead atoms. The lowest BCUT2D eigenvalue weighted by atomic mass is 10.0. The fourth-order valence-corrected chi connectivity index (χ4v) is 4.44. The molecule has 1 aliphatic heterocycles. The van der Waals surface area contributed by atoms with Gasteiger partial charge in [-0.25, -0.2) is 8.42 Å². The molecule has 23 heavy (non-hydrogen) atoms. The highest BCUT2D eigenvalue weighted by Crippen LogP contribution is 2.23. The molecule has 0 radical (unpaired) electrons. The van der Waals surface area contributed by atoms with Crippen LogP contribution in [0.3, 0.4) is 0 Å². The van der Waals surface area contributed by atoms with Gasteiger partial charge in [-0.3, -0.25) is 4.90 Å². The molecule has 126 valence electrons. The number of rotatable bonds is 6. The number of sulfonamides is 1. The molecule has 0 aliphatic carbocycles. The van der Waals surface area contributed by atoms with Crippen LogP contribution in [0.2, 0.25) is 0 Å². The van der Waals surface area contributed by atoms with E-state index in [1.54, 1.807) is 4.31 Å². The van der Waals surface area contributed by atoms with Crippen LogP contribution in [0.4, 0.5) is 0 Å². The molecule has 6 heteroatoms. The molecule has 0 amide bonds. The van der Waals surface area contributed by atoms with Gasteiger partial charge in [-0.2, -0.15) is 9.57 Å². The summed E-state index contributed by atoms with van der Waals surface area (Å²) in [6.07, 6.45) is 1.58. The number of aryl methyl sites for hydroxylation is 1. The van der Waals surface area contributed by atoms with Crippen molar-refractivity contribution < 1.29 is 8.42 Å². The van der Waals surface area contributed by atoms with E-state index in [0.29, 0.717) is 32.6 Å². The first-order chi connectivity index (χ1) is 11.0. The normalized spacial score (nSPS) is 18.5. The number of nitriles is 1. The standard InChI is InChI=1S/C17H25N3O2S/c1-3-4-13-23(21,22)20-11-9-19(10-12-20)17(14-18)16-7-5-15(2)6-8-16/h5-8,17H,3-4,9-13H2,1-2H3. The Hall–Kier alpha value is -1.42. The summed E-state index contributed by atoms with van der Waals surface area (Å²) in [4.78, 5) is 2.07. The molecule has 1 atom stereocenters. The molecule has 2 rings (SSSR count). The van der Waals surface area contributed by atoms with Gasteiger partial charge in [0, 0.05) is 26.2 Å². The first-order valence-electron chi connectivity index (χ1n) is 8.16. The van der Waals surface area contributed by atoms with Crippen molar-refractivity contribution in [2.75, 3.05) is 31.9 Å². The molecule has 1 aromatic carbocycles. The Morgan fingerprint density at radius 1 is 1.17 bits per heavy atom. The highest BCUT2D eigenvalue weighted by molar-refractivity contribution is 7.89. The molecule has 1 aromatic rings. The maximum Gasteiger partial charge on any atom is 0.214 e. The Morgan fingerprint density at radius 3 is 2.30 bits per heavy atom. The van der Waals surface area contributed by atoms with Gasteiger partial charge in [-0.05, 0) is 18.9 Å². The van der Waals surface area contributed by atoms with Crippen molar-refractivity contribution in [1.29, 1.82) is 5.26 Å². The minimum absolute atomic E-state index is 0.225. The second-order valence-electron chi connectivity index (χ2n) is 6.05. The second-order valence-corrected chi connectivity index (χ2v) is 8.14. The van der Waals surface area contributed by atoms with Crippen molar-refractivity contribution in [3.63, 3.8) is 0 Å². The van der Waals surface area contributed by atoms with E-state index in [1.165, 1.54) is 0 Å². The van der Waals surface area contributed by atoms with Crippen LogP contribution in [0.15, 0.2) is 24.3 Å². The van der Waals surface area contributed by atoms with Crippen LogP contribution in [0.25, 0.3) is 0 Å². The molecule has 0 aromatic heterocycles. The fourth-order valence-electron chi connectivity index (χ4n) is 2.81. The number of piperazine rings is 1. The lowest BCUT2D eigenvalue weighted by Crippen LogP contribution is -2.50. The zero-order valence-electron chi connectivity index (χ0n) is 13.9. The minimum atomic E-state index is -3.15. The van der Waals surface area contributed by atoms with Crippen molar-refractivity contribution in [3.8, 4) is 6.07 Å². The van der Waals surface area contributed by atoms with Gasteiger partial charge in [0.1, 0.15) is 6.04 Å². The summed E-state index contributed by atoms with van der Waals surface area (Å²) in [7, 11) is -3.15. The highest BCUT2D eigenvalue weighted by Gasteiger charge is 2.30. The molecule has 0 spiro atoms. The number of hydrogen-bond donors (Lipinski definition) is 0. The van der Waals surface area contributed by atoms with E-state index >= 15 is 0 Å². The first-order valence-corrected chi connectivity index (χ1v) is 9.77. The molecule has 1 fully saturated rings. The van der Waals surface area contributed by atoms with Gasteiger partial charge in [0.05, 0.1) is 11.8 Å². The summed E-state index contributed by atoms with van der Waals surface area (Å²) >= 11 is 0. The summed E-state index contributed by atoms with van der Waals surface area (Å²) in [6, 6.07) is 10.0. The Balaban J connectivity index is 2.00. The van der Waals surface area contributed by atoms with E-state index in [1.807, 2.05) is 38.1 Å². The lowest BCUT2D eigenvalue weighted by molar-refractivity contribution is 0.162. The lowest BCUT2D eigenvalue weighted by Gasteiger charge is -2.36. The van der Waals surface area contributed by atoms with E-state index in [0.717, 1.165) is 17.5 Å². The largest absolute Gasteiger partial charge is 0.282 e. The van der Waals surface area contributed by atoms with Gasteiger partial charge in [0.25, 0.3) is 0 Å². The number of benzene rings is 1. The van der Waals surface area contributed by atoms with Gasteiger partial charge >= 0.3 is 0 Å². The predicted octanol–water partition coefficient (Wildman–Crippen LogP) is 2.31. The minimum Gasteiger partial charge on any atom is -0.282 e. The maximum atomic E-state index is 12.2. The third-order valence-corrected chi connectivity index (χ3v) is 6.26. The van der Waals surface area contributed by atoms with E-state index in [4.69, 9.17) is 0 Å². The second kappa shape index (κ2) is 7.91. The number of hydrogen-bond acceptors (Lipinski definition) is 4.